The normalized spacial score (nSPS) is 10.8. The summed E-state index contributed by atoms with van der Waals surface area (Å²) in [6.45, 7) is 0. The number of halogens is 2. The van der Waals surface area contributed by atoms with Crippen molar-refractivity contribution in [3.8, 4) is 28.6 Å². The number of phenolic OH excluding ortho intramolecular Hbond substituents is 1. The fourth-order valence-corrected chi connectivity index (χ4v) is 2.72. The standard InChI is InChI=1S/C15H9BrFN3O5/c16-10-11(21)6(5-7(12(10)22)14(23)24)13-18-19-15(25)20(13)9-4-2-1-3-8(9)17/h1-5,21-22H,(H,19,25)(H,23,24). The second kappa shape index (κ2) is 6.06. The second-order valence-electron chi connectivity index (χ2n) is 4.93. The first kappa shape index (κ1) is 16.7. The molecule has 1 aromatic heterocycles. The van der Waals surface area contributed by atoms with Crippen LogP contribution in [0.25, 0.3) is 17.1 Å². The van der Waals surface area contributed by atoms with Crippen molar-refractivity contribution >= 4 is 21.9 Å². The van der Waals surface area contributed by atoms with Gasteiger partial charge in [0.1, 0.15) is 27.4 Å². The van der Waals surface area contributed by atoms with Gasteiger partial charge in [-0.3, -0.25) is 0 Å². The molecule has 0 saturated carbocycles. The Labute approximate surface area is 146 Å². The van der Waals surface area contributed by atoms with Gasteiger partial charge < -0.3 is 15.3 Å². The summed E-state index contributed by atoms with van der Waals surface area (Å²) in [6.07, 6.45) is 0. The first-order valence-electron chi connectivity index (χ1n) is 6.73. The lowest BCUT2D eigenvalue weighted by atomic mass is 10.1. The van der Waals surface area contributed by atoms with Gasteiger partial charge in [-0.25, -0.2) is 23.6 Å². The number of carboxylic acids is 1. The Kier molecular flexibility index (Phi) is 4.05. The number of rotatable bonds is 3. The minimum absolute atomic E-state index is 0.142. The molecule has 3 rings (SSSR count). The van der Waals surface area contributed by atoms with Gasteiger partial charge in [0.25, 0.3) is 0 Å². The van der Waals surface area contributed by atoms with Crippen LogP contribution in [0.2, 0.25) is 0 Å². The number of benzene rings is 2. The minimum Gasteiger partial charge on any atom is -0.506 e. The minimum atomic E-state index is -1.46. The summed E-state index contributed by atoms with van der Waals surface area (Å²) in [7, 11) is 0. The number of para-hydroxylation sites is 1. The zero-order valence-electron chi connectivity index (χ0n) is 12.2. The largest absolute Gasteiger partial charge is 0.506 e. The Morgan fingerprint density at radius 3 is 2.56 bits per heavy atom. The van der Waals surface area contributed by atoms with Crippen LogP contribution >= 0.6 is 15.9 Å². The lowest BCUT2D eigenvalue weighted by Gasteiger charge is -2.11. The Morgan fingerprint density at radius 1 is 1.24 bits per heavy atom. The number of aromatic carboxylic acids is 1. The van der Waals surface area contributed by atoms with E-state index < -0.39 is 34.5 Å². The number of phenols is 2. The van der Waals surface area contributed by atoms with Gasteiger partial charge in [-0.2, -0.15) is 5.10 Å². The molecule has 8 nitrogen and oxygen atoms in total. The maximum Gasteiger partial charge on any atom is 0.348 e. The predicted molar refractivity (Wildman–Crippen MR) is 87.6 cm³/mol. The van der Waals surface area contributed by atoms with Crippen molar-refractivity contribution in [3.63, 3.8) is 0 Å². The molecular weight excluding hydrogens is 401 g/mol. The SMILES string of the molecule is O=C(O)c1cc(-c2n[nH]c(=O)n2-c2ccccc2F)c(O)c(Br)c1O. The highest BCUT2D eigenvalue weighted by atomic mass is 79.9. The number of hydrogen-bond acceptors (Lipinski definition) is 5. The molecule has 4 N–H and O–H groups in total. The highest BCUT2D eigenvalue weighted by molar-refractivity contribution is 9.10. The molecule has 0 radical (unpaired) electrons. The van der Waals surface area contributed by atoms with Crippen LogP contribution in [0.15, 0.2) is 39.6 Å². The maximum absolute atomic E-state index is 14.1. The number of aromatic hydroxyl groups is 2. The fraction of sp³-hybridized carbons (Fsp3) is 0. The molecule has 128 valence electrons. The Balaban J connectivity index is 2.36. The highest BCUT2D eigenvalue weighted by Crippen LogP contribution is 2.42. The van der Waals surface area contributed by atoms with Gasteiger partial charge >= 0.3 is 11.7 Å². The molecule has 25 heavy (non-hydrogen) atoms. The Bertz CT molecular complexity index is 1060. The van der Waals surface area contributed by atoms with Crippen LogP contribution in [0, 0.1) is 5.82 Å². The molecule has 1 heterocycles. The summed E-state index contributed by atoms with van der Waals surface area (Å²) >= 11 is 2.89. The highest BCUT2D eigenvalue weighted by Gasteiger charge is 2.25. The lowest BCUT2D eigenvalue weighted by molar-refractivity contribution is 0.0693. The van der Waals surface area contributed by atoms with Gasteiger partial charge in [0, 0.05) is 0 Å². The average molecular weight is 410 g/mol. The first-order valence-corrected chi connectivity index (χ1v) is 7.52. The maximum atomic E-state index is 14.1. The number of nitrogens with one attached hydrogen (secondary N) is 1. The van der Waals surface area contributed by atoms with Crippen LogP contribution in [0.3, 0.4) is 0 Å². The van der Waals surface area contributed by atoms with Crippen LogP contribution in [0.5, 0.6) is 11.5 Å². The number of carbonyl (C=O) groups is 1. The molecule has 0 aliphatic heterocycles. The van der Waals surface area contributed by atoms with E-state index in [-0.39, 0.29) is 21.5 Å². The van der Waals surface area contributed by atoms with E-state index in [0.29, 0.717) is 0 Å². The molecule has 0 aliphatic rings. The van der Waals surface area contributed by atoms with Crippen molar-refractivity contribution in [2.75, 3.05) is 0 Å². The Morgan fingerprint density at radius 2 is 1.92 bits per heavy atom. The van der Waals surface area contributed by atoms with Crippen LogP contribution < -0.4 is 5.69 Å². The van der Waals surface area contributed by atoms with E-state index in [0.717, 1.165) is 16.7 Å². The van der Waals surface area contributed by atoms with Crippen LogP contribution in [-0.2, 0) is 0 Å². The third-order valence-corrected chi connectivity index (χ3v) is 4.20. The van der Waals surface area contributed by atoms with Gasteiger partial charge in [-0.05, 0) is 34.1 Å². The third-order valence-electron chi connectivity index (χ3n) is 3.45. The number of aromatic amines is 1. The second-order valence-corrected chi connectivity index (χ2v) is 5.72. The molecular formula is C15H9BrFN3O5. The zero-order valence-corrected chi connectivity index (χ0v) is 13.8. The average Bonchev–Trinajstić information content (AvgIpc) is 2.94. The lowest BCUT2D eigenvalue weighted by Crippen LogP contribution is -2.17. The number of hydrogen-bond donors (Lipinski definition) is 4. The topological polar surface area (TPSA) is 128 Å². The Hall–Kier alpha value is -3.14. The summed E-state index contributed by atoms with van der Waals surface area (Å²) in [5, 5.41) is 35.1. The first-order chi connectivity index (χ1) is 11.8. The van der Waals surface area contributed by atoms with Crippen molar-refractivity contribution in [2.24, 2.45) is 0 Å². The third kappa shape index (κ3) is 2.66. The van der Waals surface area contributed by atoms with Crippen LogP contribution in [0.4, 0.5) is 4.39 Å². The van der Waals surface area contributed by atoms with E-state index in [9.17, 15) is 24.2 Å². The van der Waals surface area contributed by atoms with E-state index in [4.69, 9.17) is 5.11 Å². The number of carboxylic acid groups (broad SMARTS) is 1. The number of H-pyrrole nitrogens is 1. The molecule has 0 amide bonds. The predicted octanol–water partition coefficient (Wildman–Crippen LogP) is 2.24. The van der Waals surface area contributed by atoms with Gasteiger partial charge in [0.05, 0.1) is 11.3 Å². The molecule has 10 heteroatoms. The van der Waals surface area contributed by atoms with Gasteiger partial charge in [0.15, 0.2) is 5.82 Å². The summed E-state index contributed by atoms with van der Waals surface area (Å²) in [5.74, 6) is -3.66. The number of nitrogens with zero attached hydrogens (tertiary/aromatic N) is 2. The molecule has 2 aromatic carbocycles. The summed E-state index contributed by atoms with van der Waals surface area (Å²) in [5.41, 5.74) is -1.66. The quantitative estimate of drug-likeness (QED) is 0.524. The molecule has 0 saturated heterocycles. The molecule has 0 fully saturated rings. The van der Waals surface area contributed by atoms with E-state index >= 15 is 0 Å². The van der Waals surface area contributed by atoms with Crippen molar-refractivity contribution in [1.82, 2.24) is 14.8 Å². The monoisotopic (exact) mass is 409 g/mol. The van der Waals surface area contributed by atoms with Gasteiger partial charge in [-0.15, -0.1) is 0 Å². The van der Waals surface area contributed by atoms with Crippen molar-refractivity contribution < 1.29 is 24.5 Å². The van der Waals surface area contributed by atoms with Gasteiger partial charge in [0.2, 0.25) is 0 Å². The molecule has 0 atom stereocenters. The summed E-state index contributed by atoms with van der Waals surface area (Å²) in [4.78, 5) is 23.3. The number of aromatic nitrogens is 3. The van der Waals surface area contributed by atoms with E-state index in [1.807, 2.05) is 0 Å². The van der Waals surface area contributed by atoms with E-state index in [1.165, 1.54) is 18.2 Å². The molecule has 0 aliphatic carbocycles. The summed E-state index contributed by atoms with van der Waals surface area (Å²) in [6, 6.07) is 6.32. The summed E-state index contributed by atoms with van der Waals surface area (Å²) < 4.78 is 14.6. The zero-order chi connectivity index (χ0) is 18.3. The van der Waals surface area contributed by atoms with Crippen molar-refractivity contribution in [1.29, 1.82) is 0 Å². The van der Waals surface area contributed by atoms with Crippen LogP contribution in [0.1, 0.15) is 10.4 Å². The molecule has 0 unspecified atom stereocenters. The van der Waals surface area contributed by atoms with Crippen molar-refractivity contribution in [3.05, 3.63) is 56.7 Å². The fourth-order valence-electron chi connectivity index (χ4n) is 2.30. The molecule has 3 aromatic rings. The van der Waals surface area contributed by atoms with Crippen molar-refractivity contribution in [2.45, 2.75) is 0 Å². The van der Waals surface area contributed by atoms with Crippen LogP contribution in [-0.4, -0.2) is 36.1 Å². The van der Waals surface area contributed by atoms with E-state index in [1.54, 1.807) is 0 Å². The van der Waals surface area contributed by atoms with E-state index in [2.05, 4.69) is 26.1 Å². The smallest absolute Gasteiger partial charge is 0.348 e. The molecule has 0 spiro atoms. The molecule has 0 bridgehead atoms. The van der Waals surface area contributed by atoms with Gasteiger partial charge in [-0.1, -0.05) is 12.1 Å².